The maximum absolute atomic E-state index is 12.4. The van der Waals surface area contributed by atoms with Crippen LogP contribution in [-0.4, -0.2) is 38.4 Å². The molecule has 5 nitrogen and oxygen atoms in total. The fourth-order valence-corrected chi connectivity index (χ4v) is 3.85. The molecule has 23 heavy (non-hydrogen) atoms. The molecule has 0 aliphatic carbocycles. The quantitative estimate of drug-likeness (QED) is 0.760. The van der Waals surface area contributed by atoms with Crippen molar-refractivity contribution in [2.24, 2.45) is 5.92 Å². The van der Waals surface area contributed by atoms with Crippen molar-refractivity contribution in [1.29, 1.82) is 0 Å². The lowest BCUT2D eigenvalue weighted by molar-refractivity contribution is -0.149. The van der Waals surface area contributed by atoms with Crippen molar-refractivity contribution in [3.63, 3.8) is 0 Å². The Kier molecular flexibility index (Phi) is 6.21. The highest BCUT2D eigenvalue weighted by molar-refractivity contribution is 7.92. The summed E-state index contributed by atoms with van der Waals surface area (Å²) in [5, 5.41) is 1.77. The van der Waals surface area contributed by atoms with Gasteiger partial charge in [0.05, 0.1) is 12.5 Å². The first kappa shape index (κ1) is 18.0. The molecule has 0 amide bonds. The molecule has 7 heteroatoms. The molecule has 0 saturated carbocycles. The molecule has 0 spiro atoms. The Morgan fingerprint density at radius 1 is 1.39 bits per heavy atom. The molecular formula is C16H20ClNO4S. The van der Waals surface area contributed by atoms with Gasteiger partial charge in [-0.3, -0.25) is 4.79 Å². The van der Waals surface area contributed by atoms with Crippen molar-refractivity contribution in [2.45, 2.75) is 19.8 Å². The second-order valence-electron chi connectivity index (χ2n) is 5.35. The van der Waals surface area contributed by atoms with Gasteiger partial charge in [0.25, 0.3) is 0 Å². The highest BCUT2D eigenvalue weighted by Crippen LogP contribution is 2.21. The van der Waals surface area contributed by atoms with Crippen molar-refractivity contribution in [3.8, 4) is 0 Å². The molecule has 1 heterocycles. The standard InChI is InChI=1S/C16H20ClNO4S/c1-2-22-16(19)14-4-3-10-18(12-14)23(20,21)11-9-13-5-7-15(17)8-6-13/h5-9,11,14H,2-4,10,12H2,1H3/b11-9+/t14-/m1/s1. The second kappa shape index (κ2) is 7.95. The minimum atomic E-state index is -3.56. The van der Waals surface area contributed by atoms with E-state index in [4.69, 9.17) is 16.3 Å². The molecule has 1 aromatic carbocycles. The van der Waals surface area contributed by atoms with Crippen molar-refractivity contribution < 1.29 is 17.9 Å². The number of carbonyl (C=O) groups is 1. The number of hydrogen-bond donors (Lipinski definition) is 0. The Labute approximate surface area is 141 Å². The van der Waals surface area contributed by atoms with E-state index in [2.05, 4.69) is 0 Å². The van der Waals surface area contributed by atoms with Gasteiger partial charge in [0.1, 0.15) is 0 Å². The van der Waals surface area contributed by atoms with Crippen LogP contribution in [-0.2, 0) is 19.6 Å². The molecule has 0 aromatic heterocycles. The molecule has 1 aliphatic heterocycles. The molecular weight excluding hydrogens is 338 g/mol. The van der Waals surface area contributed by atoms with Crippen molar-refractivity contribution in [1.82, 2.24) is 4.31 Å². The molecule has 0 N–H and O–H groups in total. The average Bonchev–Trinajstić information content (AvgIpc) is 2.55. The Balaban J connectivity index is 2.06. The number of rotatable bonds is 5. The van der Waals surface area contributed by atoms with Crippen LogP contribution < -0.4 is 0 Å². The van der Waals surface area contributed by atoms with E-state index in [1.165, 1.54) is 15.8 Å². The molecule has 1 aromatic rings. The van der Waals surface area contributed by atoms with E-state index in [1.807, 2.05) is 0 Å². The van der Waals surface area contributed by atoms with E-state index in [0.29, 0.717) is 31.0 Å². The smallest absolute Gasteiger partial charge is 0.310 e. The van der Waals surface area contributed by atoms with Crippen LogP contribution in [0.2, 0.25) is 5.02 Å². The van der Waals surface area contributed by atoms with Crippen LogP contribution >= 0.6 is 11.6 Å². The van der Waals surface area contributed by atoms with Gasteiger partial charge in [0, 0.05) is 23.5 Å². The van der Waals surface area contributed by atoms with Crippen LogP contribution in [0.1, 0.15) is 25.3 Å². The summed E-state index contributed by atoms with van der Waals surface area (Å²) in [6, 6.07) is 6.88. The Bertz CT molecular complexity index is 670. The van der Waals surface area contributed by atoms with Crippen LogP contribution in [0, 0.1) is 5.92 Å². The van der Waals surface area contributed by atoms with Gasteiger partial charge in [-0.15, -0.1) is 0 Å². The fraction of sp³-hybridized carbons (Fsp3) is 0.438. The summed E-state index contributed by atoms with van der Waals surface area (Å²) in [5.41, 5.74) is 0.747. The highest BCUT2D eigenvalue weighted by atomic mass is 35.5. The Morgan fingerprint density at radius 2 is 2.09 bits per heavy atom. The molecule has 2 rings (SSSR count). The highest BCUT2D eigenvalue weighted by Gasteiger charge is 2.31. The lowest BCUT2D eigenvalue weighted by Gasteiger charge is -2.29. The predicted octanol–water partition coefficient (Wildman–Crippen LogP) is 2.92. The van der Waals surface area contributed by atoms with Crippen LogP contribution in [0.25, 0.3) is 6.08 Å². The number of halogens is 1. The van der Waals surface area contributed by atoms with Crippen LogP contribution in [0.5, 0.6) is 0 Å². The third-order valence-electron chi connectivity index (χ3n) is 3.67. The third-order valence-corrected chi connectivity index (χ3v) is 5.45. The Morgan fingerprint density at radius 3 is 2.74 bits per heavy atom. The summed E-state index contributed by atoms with van der Waals surface area (Å²) >= 11 is 5.80. The summed E-state index contributed by atoms with van der Waals surface area (Å²) in [6.45, 7) is 2.64. The topological polar surface area (TPSA) is 63.7 Å². The van der Waals surface area contributed by atoms with E-state index >= 15 is 0 Å². The molecule has 0 unspecified atom stereocenters. The number of ether oxygens (including phenoxy) is 1. The van der Waals surface area contributed by atoms with Gasteiger partial charge in [-0.25, -0.2) is 8.42 Å². The Hall–Kier alpha value is -1.37. The molecule has 1 fully saturated rings. The lowest BCUT2D eigenvalue weighted by Crippen LogP contribution is -2.41. The van der Waals surface area contributed by atoms with E-state index < -0.39 is 10.0 Å². The summed E-state index contributed by atoms with van der Waals surface area (Å²) in [6.07, 6.45) is 2.84. The van der Waals surface area contributed by atoms with Gasteiger partial charge >= 0.3 is 5.97 Å². The van der Waals surface area contributed by atoms with E-state index in [0.717, 1.165) is 5.56 Å². The van der Waals surface area contributed by atoms with E-state index in [1.54, 1.807) is 31.2 Å². The molecule has 1 aliphatic rings. The van der Waals surface area contributed by atoms with Gasteiger partial charge in [-0.1, -0.05) is 23.7 Å². The monoisotopic (exact) mass is 357 g/mol. The minimum Gasteiger partial charge on any atom is -0.466 e. The van der Waals surface area contributed by atoms with E-state index in [9.17, 15) is 13.2 Å². The average molecular weight is 358 g/mol. The number of benzene rings is 1. The van der Waals surface area contributed by atoms with Gasteiger partial charge in [0.15, 0.2) is 0 Å². The van der Waals surface area contributed by atoms with Gasteiger partial charge in [-0.2, -0.15) is 4.31 Å². The largest absolute Gasteiger partial charge is 0.466 e. The number of carbonyl (C=O) groups excluding carboxylic acids is 1. The zero-order valence-corrected chi connectivity index (χ0v) is 14.5. The van der Waals surface area contributed by atoms with Gasteiger partial charge in [0.2, 0.25) is 10.0 Å². The van der Waals surface area contributed by atoms with Gasteiger partial charge < -0.3 is 4.74 Å². The summed E-state index contributed by atoms with van der Waals surface area (Å²) in [4.78, 5) is 11.8. The fourth-order valence-electron chi connectivity index (χ4n) is 2.45. The van der Waals surface area contributed by atoms with Crippen LogP contribution in [0.3, 0.4) is 0 Å². The minimum absolute atomic E-state index is 0.173. The zero-order valence-electron chi connectivity index (χ0n) is 12.9. The summed E-state index contributed by atoms with van der Waals surface area (Å²) in [5.74, 6) is -0.712. The summed E-state index contributed by atoms with van der Waals surface area (Å²) < 4.78 is 31.2. The van der Waals surface area contributed by atoms with Crippen molar-refractivity contribution in [2.75, 3.05) is 19.7 Å². The van der Waals surface area contributed by atoms with Crippen LogP contribution in [0.4, 0.5) is 0 Å². The number of sulfonamides is 1. The number of esters is 1. The second-order valence-corrected chi connectivity index (χ2v) is 7.60. The third kappa shape index (κ3) is 5.06. The van der Waals surface area contributed by atoms with Crippen LogP contribution in [0.15, 0.2) is 29.7 Å². The zero-order chi connectivity index (χ0) is 16.9. The van der Waals surface area contributed by atoms with Crippen molar-refractivity contribution >= 4 is 33.7 Å². The number of hydrogen-bond acceptors (Lipinski definition) is 4. The maximum Gasteiger partial charge on any atom is 0.310 e. The maximum atomic E-state index is 12.4. The number of nitrogens with zero attached hydrogens (tertiary/aromatic N) is 1. The van der Waals surface area contributed by atoms with Gasteiger partial charge in [-0.05, 0) is 43.5 Å². The molecule has 0 bridgehead atoms. The first-order valence-electron chi connectivity index (χ1n) is 7.53. The molecule has 1 atom stereocenters. The predicted molar refractivity (Wildman–Crippen MR) is 90.3 cm³/mol. The molecule has 126 valence electrons. The first-order chi connectivity index (χ1) is 10.9. The number of piperidine rings is 1. The SMILES string of the molecule is CCOC(=O)[C@@H]1CCCN(S(=O)(=O)/C=C/c2ccc(Cl)cc2)C1. The lowest BCUT2D eigenvalue weighted by atomic mass is 10.0. The van der Waals surface area contributed by atoms with E-state index in [-0.39, 0.29) is 18.4 Å². The summed E-state index contributed by atoms with van der Waals surface area (Å²) in [7, 11) is -3.56. The first-order valence-corrected chi connectivity index (χ1v) is 9.41. The molecule has 1 saturated heterocycles. The normalized spacial score (nSPS) is 19.8. The molecule has 0 radical (unpaired) electrons. The van der Waals surface area contributed by atoms with Crippen molar-refractivity contribution in [3.05, 3.63) is 40.3 Å².